The van der Waals surface area contributed by atoms with Gasteiger partial charge in [0.25, 0.3) is 0 Å². The van der Waals surface area contributed by atoms with E-state index in [0.717, 1.165) is 143 Å². The largest absolute Gasteiger partial charge is 0.489 e. The number of hydrogen-bond acceptors (Lipinski definition) is 12. The molecule has 0 spiro atoms. The number of ether oxygens (including phenoxy) is 6. The summed E-state index contributed by atoms with van der Waals surface area (Å²) in [4.78, 5) is 82.1. The van der Waals surface area contributed by atoms with Crippen LogP contribution in [0.15, 0.2) is 193 Å². The first-order valence-electron chi connectivity index (χ1n) is 48.8. The number of amides is 6. The molecule has 0 saturated carbocycles. The van der Waals surface area contributed by atoms with Crippen LogP contribution in [-0.4, -0.2) is 77.7 Å². The van der Waals surface area contributed by atoms with Crippen LogP contribution in [0.25, 0.3) is 0 Å². The lowest BCUT2D eigenvalue weighted by Gasteiger charge is -2.22. The Hall–Kier alpha value is -12.3. The quantitative estimate of drug-likeness (QED) is 0.0390. The van der Waals surface area contributed by atoms with Crippen molar-refractivity contribution < 1.29 is 61.6 Å². The van der Waals surface area contributed by atoms with E-state index in [1.807, 2.05) is 187 Å². The number of nitrogens with zero attached hydrogens (tertiary/aromatic N) is 6. The van der Waals surface area contributed by atoms with Crippen LogP contribution in [0.5, 0.6) is 34.5 Å². The van der Waals surface area contributed by atoms with Crippen molar-refractivity contribution in [1.29, 1.82) is 0 Å². The molecule has 6 amide bonds. The minimum atomic E-state index is -0.371. The number of benzene rings is 12. The van der Waals surface area contributed by atoms with Crippen LogP contribution in [-0.2, 0) is 68.4 Å². The Labute approximate surface area is 878 Å². The summed E-state index contributed by atoms with van der Waals surface area (Å²) in [6.07, 6.45) is 2.74. The van der Waals surface area contributed by atoms with Gasteiger partial charge in [0.05, 0.1) is 28.4 Å². The minimum Gasteiger partial charge on any atom is -0.489 e. The Kier molecular flexibility index (Phi) is 46.1. The fraction of sp³-hybridized carbons (Fsp3) is 0.355. The summed E-state index contributed by atoms with van der Waals surface area (Å²) in [5.41, 5.74) is 32.6. The molecule has 0 fully saturated rings. The number of carbonyl (C=O) groups excluding carboxylic acids is 6. The third-order valence-corrected chi connectivity index (χ3v) is 28.1. The maximum absolute atomic E-state index is 14.3. The summed E-state index contributed by atoms with van der Waals surface area (Å²) in [6.45, 7) is 52.5. The van der Waals surface area contributed by atoms with E-state index in [4.69, 9.17) is 40.0 Å². The Balaban J connectivity index is 0.000000233. The zero-order chi connectivity index (χ0) is 106. The Morgan fingerprint density at radius 3 is 0.832 bits per heavy atom. The van der Waals surface area contributed by atoms with Gasteiger partial charge in [-0.1, -0.05) is 160 Å². The summed E-state index contributed by atoms with van der Waals surface area (Å²) in [5, 5.41) is 0.602. The lowest BCUT2D eigenvalue weighted by atomic mass is 10.0. The van der Waals surface area contributed by atoms with Gasteiger partial charge in [-0.3, -0.25) is 28.8 Å². The molecule has 0 aliphatic heterocycles. The van der Waals surface area contributed by atoms with E-state index >= 15 is 0 Å². The van der Waals surface area contributed by atoms with Crippen molar-refractivity contribution in [3.8, 4) is 34.5 Å². The highest BCUT2D eigenvalue weighted by molar-refractivity contribution is 14.1. The normalized spacial score (nSPS) is 10.6. The van der Waals surface area contributed by atoms with Crippen LogP contribution >= 0.6 is 50.1 Å². The fourth-order valence-electron chi connectivity index (χ4n) is 15.8. The van der Waals surface area contributed by atoms with Crippen LogP contribution in [0.4, 0.5) is 38.5 Å². The highest BCUT2D eigenvalue weighted by Crippen LogP contribution is 2.38. The van der Waals surface area contributed by atoms with E-state index in [1.54, 1.807) is 64.7 Å². The van der Waals surface area contributed by atoms with E-state index in [9.17, 15) is 33.2 Å². The molecule has 143 heavy (non-hydrogen) atoms. The number of hydrogen-bond donors (Lipinski definition) is 0. The van der Waals surface area contributed by atoms with Crippen molar-refractivity contribution in [2.24, 2.45) is 0 Å². The summed E-state index contributed by atoms with van der Waals surface area (Å²) >= 11 is 12.3. The number of rotatable bonds is 30. The Morgan fingerprint density at radius 2 is 0.490 bits per heavy atom. The highest BCUT2D eigenvalue weighted by Gasteiger charge is 2.25. The van der Waals surface area contributed by atoms with Crippen LogP contribution in [0, 0.1) is 141 Å². The van der Waals surface area contributed by atoms with E-state index in [2.05, 4.69) is 209 Å². The fourth-order valence-corrected chi connectivity index (χ4v) is 17.2. The van der Waals surface area contributed by atoms with Crippen LogP contribution < -0.4 is 57.8 Å². The maximum atomic E-state index is 14.3. The third kappa shape index (κ3) is 32.6. The summed E-state index contributed by atoms with van der Waals surface area (Å²) in [5.74, 6) is 5.13. The first-order valence-corrected chi connectivity index (χ1v) is 51.0. The van der Waals surface area contributed by atoms with Crippen LogP contribution in [0.1, 0.15) is 219 Å². The number of para-hydroxylation sites is 1. The molecule has 22 heteroatoms. The number of aryl methyl sites for hydroxylation is 19. The molecule has 12 aromatic rings. The molecule has 762 valence electrons. The lowest BCUT2D eigenvalue weighted by molar-refractivity contribution is -0.118. The van der Waals surface area contributed by atoms with Crippen molar-refractivity contribution in [3.63, 3.8) is 0 Å². The average Bonchev–Trinajstić information content (AvgIpc) is 0.823. The van der Waals surface area contributed by atoms with Crippen molar-refractivity contribution in [2.75, 3.05) is 71.7 Å². The SMILES string of the molecule is CCC(=O)N(C)c1cccc(Br)c1COc1cc(C)c(C)cc1C.CCC(=O)N(C)c1cccc(C)c1COc1cc(C)c(C)cc1C.CCC(=O)N(C)c1cccc(Cl)c1COc1cc(C)c(C)cc1C.CCC(=O)N(C)c1cccc(F)c1COc1cc(C)c(C)cc1C.CCC(=O)N(C)c1cccc(I)c1COc1cc(C)c(C)cc1C.CCC(=O)N(C)c1ccccc1COc1cc(C)c(C)cc1C. The molecule has 0 saturated heterocycles. The number of halogens is 4. The van der Waals surface area contributed by atoms with Gasteiger partial charge in [-0.05, 0) is 357 Å². The molecule has 12 rings (SSSR count). The Morgan fingerprint density at radius 1 is 0.259 bits per heavy atom. The van der Waals surface area contributed by atoms with Gasteiger partial charge in [0, 0.05) is 133 Å². The molecule has 0 atom stereocenters. The molecule has 0 radical (unpaired) electrons. The van der Waals surface area contributed by atoms with Crippen molar-refractivity contribution in [1.82, 2.24) is 0 Å². The van der Waals surface area contributed by atoms with Crippen LogP contribution in [0.2, 0.25) is 5.02 Å². The van der Waals surface area contributed by atoms with Gasteiger partial charge in [-0.25, -0.2) is 4.39 Å². The van der Waals surface area contributed by atoms with Gasteiger partial charge in [0.15, 0.2) is 0 Å². The predicted octanol–water partition coefficient (Wildman–Crippen LogP) is 29.8. The van der Waals surface area contributed by atoms with Gasteiger partial charge in [-0.2, -0.15) is 0 Å². The number of anilines is 6. The second-order valence-corrected chi connectivity index (χ2v) is 38.9. The molecular formula is C121H148BrClFIN6O12. The minimum absolute atomic E-state index is 0.0425. The lowest BCUT2D eigenvalue weighted by Crippen LogP contribution is -2.26. The molecule has 0 heterocycles. The molecule has 0 N–H and O–H groups in total. The van der Waals surface area contributed by atoms with Crippen molar-refractivity contribution in [2.45, 2.75) is 251 Å². The predicted molar refractivity (Wildman–Crippen MR) is 601 cm³/mol. The van der Waals surface area contributed by atoms with E-state index in [-0.39, 0.29) is 47.9 Å². The van der Waals surface area contributed by atoms with Gasteiger partial charge in [-0.15, -0.1) is 0 Å². The van der Waals surface area contributed by atoms with Gasteiger partial charge in [0.2, 0.25) is 35.4 Å². The van der Waals surface area contributed by atoms with Crippen molar-refractivity contribution >= 4 is 120 Å². The summed E-state index contributed by atoms with van der Waals surface area (Å²) < 4.78 is 52.5. The standard InChI is InChI=1S/C21H27NO2.C20H24BrNO2.C20H24ClNO2.C20H24FNO2.C20H24INO2.C20H25NO2/c1-7-21(23)22(6)19-10-8-9-14(2)18(19)13-24-20-12-16(4)15(3)11-17(20)5;4*1-6-20(23)22(5)18-9-7-8-17(21)16(18)12-24-19-11-14(3)13(2)10-15(19)4;1-6-20(22)21(5)18-10-8-7-9-17(18)13-23-19-12-15(3)14(2)11-16(19)4/h8-12H,7,13H2,1-6H3;4*7-11H,6,12H2,1-5H3;7-12H,6,13H2,1-5H3. The van der Waals surface area contributed by atoms with E-state index < -0.39 is 0 Å². The van der Waals surface area contributed by atoms with Gasteiger partial charge in [0.1, 0.15) is 80.0 Å². The zero-order valence-electron chi connectivity index (χ0n) is 90.0. The molecule has 18 nitrogen and oxygen atoms in total. The highest BCUT2D eigenvalue weighted by atomic mass is 127. The molecule has 0 bridgehead atoms. The van der Waals surface area contributed by atoms with E-state index in [1.165, 1.54) is 72.2 Å². The van der Waals surface area contributed by atoms with Gasteiger partial charge >= 0.3 is 0 Å². The Bertz CT molecular complexity index is 5730. The second-order valence-electron chi connectivity index (χ2n) is 36.4. The summed E-state index contributed by atoms with van der Waals surface area (Å²) in [6, 6.07) is 61.1. The zero-order valence-corrected chi connectivity index (χ0v) is 94.5. The summed E-state index contributed by atoms with van der Waals surface area (Å²) in [7, 11) is 10.7. The topological polar surface area (TPSA) is 177 Å². The van der Waals surface area contributed by atoms with E-state index in [0.29, 0.717) is 87.8 Å². The molecule has 12 aromatic carbocycles. The first-order chi connectivity index (χ1) is 67.7. The molecule has 0 unspecified atom stereocenters. The molecule has 0 aliphatic rings. The van der Waals surface area contributed by atoms with Crippen molar-refractivity contribution in [3.05, 3.63) is 346 Å². The van der Waals surface area contributed by atoms with Gasteiger partial charge < -0.3 is 57.8 Å². The molecule has 0 aliphatic carbocycles. The smallest absolute Gasteiger partial charge is 0.226 e. The maximum Gasteiger partial charge on any atom is 0.226 e. The van der Waals surface area contributed by atoms with Crippen LogP contribution in [0.3, 0.4) is 0 Å². The third-order valence-electron chi connectivity index (χ3n) is 26.0. The monoisotopic (exact) mass is 2140 g/mol. The molecule has 0 aromatic heterocycles. The first kappa shape index (κ1) is 118. The average molecular weight is 2140 g/mol. The number of carbonyl (C=O) groups is 6. The molecular weight excluding hydrogens is 1990 g/mol. The second kappa shape index (κ2) is 56.1.